The highest BCUT2D eigenvalue weighted by Gasteiger charge is 2.43. The van der Waals surface area contributed by atoms with Gasteiger partial charge >= 0.3 is 11.9 Å². The maximum Gasteiger partial charge on any atom is 0.309 e. The summed E-state index contributed by atoms with van der Waals surface area (Å²) in [4.78, 5) is 48.9. The molecule has 2 rings (SSSR count). The minimum Gasteiger partial charge on any atom is -0.469 e. The van der Waals surface area contributed by atoms with Gasteiger partial charge in [0, 0.05) is 25.8 Å². The molecule has 0 aromatic rings. The number of hydrogen-bond acceptors (Lipinski definition) is 6. The second-order valence-corrected chi connectivity index (χ2v) is 7.43. The number of methoxy groups -OCH3 is 1. The van der Waals surface area contributed by atoms with Crippen LogP contribution in [0, 0.1) is 11.8 Å². The van der Waals surface area contributed by atoms with E-state index in [4.69, 9.17) is 4.74 Å². The Labute approximate surface area is 154 Å². The van der Waals surface area contributed by atoms with Gasteiger partial charge in [-0.2, -0.15) is 0 Å². The Morgan fingerprint density at radius 3 is 2.65 bits per heavy atom. The zero-order valence-corrected chi connectivity index (χ0v) is 15.9. The zero-order chi connectivity index (χ0) is 19.3. The van der Waals surface area contributed by atoms with Crippen molar-refractivity contribution in [3.05, 3.63) is 0 Å². The van der Waals surface area contributed by atoms with Crippen molar-refractivity contribution in [3.63, 3.8) is 0 Å². The molecule has 146 valence electrons. The van der Waals surface area contributed by atoms with Crippen LogP contribution < -0.4 is 0 Å². The molecule has 26 heavy (non-hydrogen) atoms. The summed E-state index contributed by atoms with van der Waals surface area (Å²) in [5, 5.41) is 0. The van der Waals surface area contributed by atoms with Crippen LogP contribution in [-0.4, -0.2) is 54.3 Å². The number of amides is 1. The molecule has 7 heteroatoms. The molecule has 2 aliphatic rings. The molecule has 2 fully saturated rings. The average molecular weight is 367 g/mol. The van der Waals surface area contributed by atoms with E-state index in [1.165, 1.54) is 7.11 Å². The van der Waals surface area contributed by atoms with Gasteiger partial charge in [0.15, 0.2) is 0 Å². The summed E-state index contributed by atoms with van der Waals surface area (Å²) in [7, 11) is 1.31. The Morgan fingerprint density at radius 1 is 1.31 bits per heavy atom. The van der Waals surface area contributed by atoms with Gasteiger partial charge in [-0.3, -0.25) is 19.2 Å². The summed E-state index contributed by atoms with van der Waals surface area (Å²) in [5.74, 6) is -0.950. The van der Waals surface area contributed by atoms with Crippen LogP contribution >= 0.6 is 0 Å². The molecule has 2 saturated heterocycles. The van der Waals surface area contributed by atoms with Crippen LogP contribution in [-0.2, 0) is 28.7 Å². The smallest absolute Gasteiger partial charge is 0.309 e. The number of rotatable bonds is 9. The van der Waals surface area contributed by atoms with E-state index < -0.39 is 5.92 Å². The number of ketones is 1. The maximum atomic E-state index is 12.2. The highest BCUT2D eigenvalue weighted by Crippen LogP contribution is 2.31. The van der Waals surface area contributed by atoms with Crippen LogP contribution in [0.5, 0.6) is 0 Å². The fourth-order valence-corrected chi connectivity index (χ4v) is 3.76. The minimum absolute atomic E-state index is 0.0331. The molecule has 0 aromatic heterocycles. The van der Waals surface area contributed by atoms with E-state index in [9.17, 15) is 19.2 Å². The number of cyclic esters (lactones) is 1. The number of hydrogen-bond donors (Lipinski definition) is 0. The first-order chi connectivity index (χ1) is 12.3. The minimum atomic E-state index is -0.420. The van der Waals surface area contributed by atoms with E-state index >= 15 is 0 Å². The van der Waals surface area contributed by atoms with E-state index in [0.717, 1.165) is 12.8 Å². The molecule has 0 saturated carbocycles. The predicted molar refractivity (Wildman–Crippen MR) is 93.1 cm³/mol. The van der Waals surface area contributed by atoms with Crippen molar-refractivity contribution in [3.8, 4) is 0 Å². The molecule has 0 N–H and O–H groups in total. The molecule has 0 aromatic carbocycles. The fraction of sp³-hybridized carbons (Fsp3) is 0.789. The molecule has 0 radical (unpaired) electrons. The topological polar surface area (TPSA) is 90.0 Å². The molecule has 2 aliphatic heterocycles. The van der Waals surface area contributed by atoms with Crippen molar-refractivity contribution < 1.29 is 28.7 Å². The van der Waals surface area contributed by atoms with Crippen molar-refractivity contribution in [1.82, 2.24) is 4.90 Å². The summed E-state index contributed by atoms with van der Waals surface area (Å²) < 4.78 is 10.0. The largest absolute Gasteiger partial charge is 0.469 e. The van der Waals surface area contributed by atoms with Gasteiger partial charge in [0.25, 0.3) is 0 Å². The number of esters is 2. The molecule has 0 spiro atoms. The standard InChI is InChI=1S/C19H29NO6/c1-12(18(23)25-3)10-14(21)6-4-5-9-20-15(7-8-17(20)22)16-11-13(2)19(24)26-16/h12-13,15-16H,4-11H2,1-3H3/t12?,13-,15-,16-/m0/s1. The molecule has 7 nitrogen and oxygen atoms in total. The number of Topliss-reactive ketones (excluding diaryl/α,β-unsaturated/α-hetero) is 1. The van der Waals surface area contributed by atoms with E-state index in [2.05, 4.69) is 4.74 Å². The Morgan fingerprint density at radius 2 is 2.04 bits per heavy atom. The summed E-state index contributed by atoms with van der Waals surface area (Å²) in [5.41, 5.74) is 0. The highest BCUT2D eigenvalue weighted by molar-refractivity contribution is 5.84. The van der Waals surface area contributed by atoms with Crippen LogP contribution in [0.3, 0.4) is 0 Å². The van der Waals surface area contributed by atoms with E-state index in [1.807, 2.05) is 11.8 Å². The molecule has 4 atom stereocenters. The average Bonchev–Trinajstić information content (AvgIpc) is 3.13. The summed E-state index contributed by atoms with van der Waals surface area (Å²) in [6.45, 7) is 4.11. The van der Waals surface area contributed by atoms with Crippen LogP contribution in [0.15, 0.2) is 0 Å². The van der Waals surface area contributed by atoms with Gasteiger partial charge in [0.05, 0.1) is 25.0 Å². The lowest BCUT2D eigenvalue weighted by atomic mass is 10.00. The zero-order valence-electron chi connectivity index (χ0n) is 15.9. The van der Waals surface area contributed by atoms with Gasteiger partial charge in [0.2, 0.25) is 5.91 Å². The van der Waals surface area contributed by atoms with Crippen LogP contribution in [0.25, 0.3) is 0 Å². The number of nitrogens with zero attached hydrogens (tertiary/aromatic N) is 1. The van der Waals surface area contributed by atoms with Crippen molar-refractivity contribution in [2.45, 2.75) is 70.9 Å². The van der Waals surface area contributed by atoms with Gasteiger partial charge in [0.1, 0.15) is 11.9 Å². The first-order valence-electron chi connectivity index (χ1n) is 9.43. The van der Waals surface area contributed by atoms with Crippen LogP contribution in [0.1, 0.15) is 58.8 Å². The van der Waals surface area contributed by atoms with Gasteiger partial charge < -0.3 is 14.4 Å². The van der Waals surface area contributed by atoms with E-state index in [1.54, 1.807) is 6.92 Å². The normalized spacial score (nSPS) is 26.7. The van der Waals surface area contributed by atoms with Gasteiger partial charge in [-0.15, -0.1) is 0 Å². The Bertz CT molecular complexity index is 560. The molecule has 1 unspecified atom stereocenters. The number of ether oxygens (including phenoxy) is 2. The molecule has 1 amide bonds. The van der Waals surface area contributed by atoms with Gasteiger partial charge in [-0.25, -0.2) is 0 Å². The second-order valence-electron chi connectivity index (χ2n) is 7.43. The van der Waals surface area contributed by atoms with E-state index in [0.29, 0.717) is 32.2 Å². The lowest BCUT2D eigenvalue weighted by molar-refractivity contribution is -0.147. The van der Waals surface area contributed by atoms with Crippen LogP contribution in [0.2, 0.25) is 0 Å². The number of likely N-dealkylation sites (tertiary alicyclic amines) is 1. The van der Waals surface area contributed by atoms with Crippen LogP contribution in [0.4, 0.5) is 0 Å². The third kappa shape index (κ3) is 5.05. The summed E-state index contributed by atoms with van der Waals surface area (Å²) >= 11 is 0. The molecular formula is C19H29NO6. The quantitative estimate of drug-likeness (QED) is 0.456. The Hall–Kier alpha value is -1.92. The monoisotopic (exact) mass is 367 g/mol. The number of carbonyl (C=O) groups excluding carboxylic acids is 4. The third-order valence-corrected chi connectivity index (χ3v) is 5.30. The lowest BCUT2D eigenvalue weighted by Crippen LogP contribution is -2.41. The number of unbranched alkanes of at least 4 members (excludes halogenated alkanes) is 1. The third-order valence-electron chi connectivity index (χ3n) is 5.30. The summed E-state index contributed by atoms with van der Waals surface area (Å²) in [6, 6.07) is -0.0357. The SMILES string of the molecule is COC(=O)C(C)CC(=O)CCCCN1C(=O)CC[C@H]1[C@@H]1C[C@H](C)C(=O)O1. The lowest BCUT2D eigenvalue weighted by Gasteiger charge is -2.28. The summed E-state index contributed by atoms with van der Waals surface area (Å²) in [6.07, 6.45) is 3.64. The highest BCUT2D eigenvalue weighted by atomic mass is 16.6. The molecular weight excluding hydrogens is 338 g/mol. The Kier molecular flexibility index (Phi) is 7.17. The van der Waals surface area contributed by atoms with Crippen molar-refractivity contribution in [1.29, 1.82) is 0 Å². The van der Waals surface area contributed by atoms with E-state index in [-0.39, 0.29) is 48.1 Å². The second kappa shape index (κ2) is 9.14. The molecule has 2 heterocycles. The van der Waals surface area contributed by atoms with Crippen molar-refractivity contribution >= 4 is 23.6 Å². The maximum absolute atomic E-state index is 12.2. The van der Waals surface area contributed by atoms with Crippen molar-refractivity contribution in [2.75, 3.05) is 13.7 Å². The number of carbonyl (C=O) groups is 4. The fourth-order valence-electron chi connectivity index (χ4n) is 3.76. The molecule has 0 aliphatic carbocycles. The Balaban J connectivity index is 1.73. The predicted octanol–water partition coefficient (Wildman–Crippen LogP) is 1.87. The molecule has 0 bridgehead atoms. The van der Waals surface area contributed by atoms with Gasteiger partial charge in [-0.05, 0) is 25.7 Å². The first kappa shape index (κ1) is 20.4. The first-order valence-corrected chi connectivity index (χ1v) is 9.43. The van der Waals surface area contributed by atoms with Crippen molar-refractivity contribution in [2.24, 2.45) is 11.8 Å². The van der Waals surface area contributed by atoms with Gasteiger partial charge in [-0.1, -0.05) is 13.8 Å².